The normalized spacial score (nSPS) is 19.8. The molecule has 1 saturated carbocycles. The van der Waals surface area contributed by atoms with Crippen LogP contribution in [-0.2, 0) is 11.3 Å². The SMILES string of the molecule is CC(CN1CCOCC1)NC(=O)N(Cc1ccc(F)cc1)C1CC1. The Kier molecular flexibility index (Phi) is 5.68. The van der Waals surface area contributed by atoms with Crippen LogP contribution < -0.4 is 5.32 Å². The number of carbonyl (C=O) groups excluding carboxylic acids is 1. The van der Waals surface area contributed by atoms with Crippen LogP contribution in [0.25, 0.3) is 0 Å². The number of amides is 2. The number of nitrogens with zero attached hydrogens (tertiary/aromatic N) is 2. The minimum Gasteiger partial charge on any atom is -0.379 e. The van der Waals surface area contributed by atoms with E-state index >= 15 is 0 Å². The van der Waals surface area contributed by atoms with Gasteiger partial charge in [0.25, 0.3) is 0 Å². The summed E-state index contributed by atoms with van der Waals surface area (Å²) in [5.41, 5.74) is 0.958. The van der Waals surface area contributed by atoms with Gasteiger partial charge in [-0.05, 0) is 37.5 Å². The van der Waals surface area contributed by atoms with Gasteiger partial charge in [0.15, 0.2) is 0 Å². The molecule has 1 atom stereocenters. The number of hydrogen-bond donors (Lipinski definition) is 1. The molecule has 2 fully saturated rings. The summed E-state index contributed by atoms with van der Waals surface area (Å²) in [5.74, 6) is -0.250. The summed E-state index contributed by atoms with van der Waals surface area (Å²) in [6.45, 7) is 6.77. The molecule has 2 amide bonds. The monoisotopic (exact) mass is 335 g/mol. The zero-order chi connectivity index (χ0) is 16.9. The maximum atomic E-state index is 13.0. The summed E-state index contributed by atoms with van der Waals surface area (Å²) in [4.78, 5) is 16.8. The Morgan fingerprint density at radius 2 is 2.00 bits per heavy atom. The highest BCUT2D eigenvalue weighted by Gasteiger charge is 2.33. The third-order valence-electron chi connectivity index (χ3n) is 4.52. The van der Waals surface area contributed by atoms with E-state index in [1.165, 1.54) is 12.1 Å². The van der Waals surface area contributed by atoms with Crippen molar-refractivity contribution in [3.05, 3.63) is 35.6 Å². The minimum absolute atomic E-state index is 0.0254. The Bertz CT molecular complexity index is 542. The molecule has 0 bridgehead atoms. The number of halogens is 1. The second-order valence-electron chi connectivity index (χ2n) is 6.75. The summed E-state index contributed by atoms with van der Waals surface area (Å²) in [6.07, 6.45) is 2.10. The fourth-order valence-electron chi connectivity index (χ4n) is 3.05. The van der Waals surface area contributed by atoms with Gasteiger partial charge in [0.2, 0.25) is 0 Å². The molecule has 1 aliphatic heterocycles. The molecule has 0 aromatic heterocycles. The Labute approximate surface area is 142 Å². The van der Waals surface area contributed by atoms with Crippen molar-refractivity contribution in [3.8, 4) is 0 Å². The van der Waals surface area contributed by atoms with Crippen molar-refractivity contribution in [2.45, 2.75) is 38.4 Å². The van der Waals surface area contributed by atoms with Crippen molar-refractivity contribution in [1.29, 1.82) is 0 Å². The van der Waals surface area contributed by atoms with Crippen molar-refractivity contribution in [3.63, 3.8) is 0 Å². The molecule has 1 aliphatic carbocycles. The first kappa shape index (κ1) is 17.2. The van der Waals surface area contributed by atoms with Crippen molar-refractivity contribution in [2.24, 2.45) is 0 Å². The number of benzene rings is 1. The predicted molar refractivity (Wildman–Crippen MR) is 90.2 cm³/mol. The zero-order valence-corrected chi connectivity index (χ0v) is 14.2. The Morgan fingerprint density at radius 3 is 2.62 bits per heavy atom. The molecule has 3 rings (SSSR count). The number of carbonyl (C=O) groups is 1. The van der Waals surface area contributed by atoms with Gasteiger partial charge < -0.3 is 15.0 Å². The molecule has 1 aromatic rings. The second-order valence-corrected chi connectivity index (χ2v) is 6.75. The van der Waals surface area contributed by atoms with Crippen LogP contribution >= 0.6 is 0 Å². The lowest BCUT2D eigenvalue weighted by atomic mass is 10.2. The van der Waals surface area contributed by atoms with Crippen molar-refractivity contribution in [2.75, 3.05) is 32.8 Å². The fraction of sp³-hybridized carbons (Fsp3) is 0.611. The van der Waals surface area contributed by atoms with Crippen LogP contribution in [0.15, 0.2) is 24.3 Å². The smallest absolute Gasteiger partial charge is 0.318 e. The quantitative estimate of drug-likeness (QED) is 0.867. The molecule has 1 heterocycles. The fourth-order valence-corrected chi connectivity index (χ4v) is 3.05. The minimum atomic E-state index is -0.250. The van der Waals surface area contributed by atoms with Crippen LogP contribution in [0, 0.1) is 5.82 Å². The topological polar surface area (TPSA) is 44.8 Å². The van der Waals surface area contributed by atoms with Crippen molar-refractivity contribution >= 4 is 6.03 Å². The highest BCUT2D eigenvalue weighted by molar-refractivity contribution is 5.75. The van der Waals surface area contributed by atoms with Gasteiger partial charge in [-0.3, -0.25) is 4.90 Å². The van der Waals surface area contributed by atoms with E-state index in [-0.39, 0.29) is 17.9 Å². The van der Waals surface area contributed by atoms with E-state index in [1.54, 1.807) is 12.1 Å². The summed E-state index contributed by atoms with van der Waals surface area (Å²) < 4.78 is 18.4. The number of nitrogens with one attached hydrogen (secondary N) is 1. The predicted octanol–water partition coefficient (Wildman–Crippen LogP) is 2.22. The van der Waals surface area contributed by atoms with Crippen LogP contribution in [0.1, 0.15) is 25.3 Å². The lowest BCUT2D eigenvalue weighted by Crippen LogP contribution is -2.50. The van der Waals surface area contributed by atoms with E-state index < -0.39 is 0 Å². The lowest BCUT2D eigenvalue weighted by molar-refractivity contribution is 0.0346. The average Bonchev–Trinajstić information content (AvgIpc) is 3.39. The van der Waals surface area contributed by atoms with Crippen LogP contribution in [0.2, 0.25) is 0 Å². The molecule has 1 saturated heterocycles. The van der Waals surface area contributed by atoms with Gasteiger partial charge >= 0.3 is 6.03 Å². The summed E-state index contributed by atoms with van der Waals surface area (Å²) in [5, 5.41) is 3.11. The maximum absolute atomic E-state index is 13.0. The molecule has 6 heteroatoms. The van der Waals surface area contributed by atoms with E-state index in [9.17, 15) is 9.18 Å². The summed E-state index contributed by atoms with van der Waals surface area (Å²) >= 11 is 0. The molecular weight excluding hydrogens is 309 g/mol. The van der Waals surface area contributed by atoms with Gasteiger partial charge in [0.1, 0.15) is 5.82 Å². The largest absolute Gasteiger partial charge is 0.379 e. The Hall–Kier alpha value is -1.66. The van der Waals surface area contributed by atoms with Gasteiger partial charge in [-0.25, -0.2) is 9.18 Å². The van der Waals surface area contributed by atoms with E-state index in [4.69, 9.17) is 4.74 Å². The van der Waals surface area contributed by atoms with E-state index in [1.807, 2.05) is 11.8 Å². The first-order valence-corrected chi connectivity index (χ1v) is 8.73. The van der Waals surface area contributed by atoms with Gasteiger partial charge in [0, 0.05) is 38.3 Å². The second kappa shape index (κ2) is 7.94. The van der Waals surface area contributed by atoms with Crippen molar-refractivity contribution < 1.29 is 13.9 Å². The molecule has 132 valence electrons. The first-order valence-electron chi connectivity index (χ1n) is 8.73. The van der Waals surface area contributed by atoms with Crippen molar-refractivity contribution in [1.82, 2.24) is 15.1 Å². The van der Waals surface area contributed by atoms with Crippen LogP contribution in [0.4, 0.5) is 9.18 Å². The molecular formula is C18H26FN3O2. The molecule has 5 nitrogen and oxygen atoms in total. The molecule has 24 heavy (non-hydrogen) atoms. The van der Waals surface area contributed by atoms with E-state index in [2.05, 4.69) is 10.2 Å². The molecule has 0 spiro atoms. The first-order chi connectivity index (χ1) is 11.6. The number of rotatable bonds is 6. The highest BCUT2D eigenvalue weighted by Crippen LogP contribution is 2.28. The molecule has 1 unspecified atom stereocenters. The summed E-state index contributed by atoms with van der Waals surface area (Å²) in [7, 11) is 0. The number of ether oxygens (including phenoxy) is 1. The van der Waals surface area contributed by atoms with Crippen LogP contribution in [0.3, 0.4) is 0 Å². The highest BCUT2D eigenvalue weighted by atomic mass is 19.1. The van der Waals surface area contributed by atoms with Gasteiger partial charge in [-0.1, -0.05) is 12.1 Å². The van der Waals surface area contributed by atoms with Gasteiger partial charge in [0.05, 0.1) is 13.2 Å². The van der Waals surface area contributed by atoms with E-state index in [0.717, 1.165) is 51.3 Å². The van der Waals surface area contributed by atoms with E-state index in [0.29, 0.717) is 12.6 Å². The Morgan fingerprint density at radius 1 is 1.33 bits per heavy atom. The van der Waals surface area contributed by atoms with Gasteiger partial charge in [-0.2, -0.15) is 0 Å². The number of morpholine rings is 1. The molecule has 0 radical (unpaired) electrons. The molecule has 1 aromatic carbocycles. The summed E-state index contributed by atoms with van der Waals surface area (Å²) in [6, 6.07) is 6.75. The standard InChI is InChI=1S/C18H26FN3O2/c1-14(12-21-8-10-24-11-9-21)20-18(23)22(17-6-7-17)13-15-2-4-16(19)5-3-15/h2-5,14,17H,6-13H2,1H3,(H,20,23). The lowest BCUT2D eigenvalue weighted by Gasteiger charge is -2.31. The number of hydrogen-bond acceptors (Lipinski definition) is 3. The molecule has 1 N–H and O–H groups in total. The third kappa shape index (κ3) is 4.92. The van der Waals surface area contributed by atoms with Gasteiger partial charge in [-0.15, -0.1) is 0 Å². The van der Waals surface area contributed by atoms with Crippen LogP contribution in [-0.4, -0.2) is 60.8 Å². The zero-order valence-electron chi connectivity index (χ0n) is 14.2. The maximum Gasteiger partial charge on any atom is 0.318 e. The third-order valence-corrected chi connectivity index (χ3v) is 4.52. The Balaban J connectivity index is 1.53. The molecule has 2 aliphatic rings. The average molecular weight is 335 g/mol. The van der Waals surface area contributed by atoms with Crippen LogP contribution in [0.5, 0.6) is 0 Å². The number of urea groups is 1.